The summed E-state index contributed by atoms with van der Waals surface area (Å²) in [5, 5.41) is 20.9. The average molecular weight is 237 g/mol. The number of hydrogen-bond donors (Lipinski definition) is 3. The van der Waals surface area contributed by atoms with Crippen LogP contribution in [0.1, 0.15) is 35.9 Å². The first-order chi connectivity index (χ1) is 7.93. The van der Waals surface area contributed by atoms with Gasteiger partial charge in [-0.2, -0.15) is 0 Å². The molecule has 0 aliphatic heterocycles. The van der Waals surface area contributed by atoms with Crippen molar-refractivity contribution in [3.63, 3.8) is 0 Å². The summed E-state index contributed by atoms with van der Waals surface area (Å²) in [6, 6.07) is 6.05. The van der Waals surface area contributed by atoms with E-state index in [1.165, 1.54) is 12.1 Å². The van der Waals surface area contributed by atoms with Gasteiger partial charge in [0.15, 0.2) is 6.10 Å². The Balaban J connectivity index is 3.07. The molecule has 1 aromatic carbocycles. The summed E-state index contributed by atoms with van der Waals surface area (Å²) in [4.78, 5) is 22.5. The van der Waals surface area contributed by atoms with E-state index in [1.807, 2.05) is 0 Å². The number of carbonyl (C=O) groups is 2. The molecule has 5 nitrogen and oxygen atoms in total. The van der Waals surface area contributed by atoms with Crippen molar-refractivity contribution in [2.24, 2.45) is 0 Å². The normalized spacial score (nSPS) is 12.2. The van der Waals surface area contributed by atoms with Gasteiger partial charge in [-0.3, -0.25) is 4.79 Å². The number of hydrogen-bond acceptors (Lipinski definition) is 3. The van der Waals surface area contributed by atoms with E-state index in [0.717, 1.165) is 0 Å². The zero-order chi connectivity index (χ0) is 13.0. The van der Waals surface area contributed by atoms with E-state index in [0.29, 0.717) is 0 Å². The zero-order valence-corrected chi connectivity index (χ0v) is 9.68. The Hall–Kier alpha value is -1.88. The Labute approximate surface area is 99.1 Å². The first-order valence-electron chi connectivity index (χ1n) is 5.24. The summed E-state index contributed by atoms with van der Waals surface area (Å²) < 4.78 is 0. The number of aliphatic hydroxyl groups is 1. The molecular formula is C12H15NO4. The molecule has 3 N–H and O–H groups in total. The Morgan fingerprint density at radius 2 is 1.82 bits per heavy atom. The molecule has 0 heterocycles. The highest BCUT2D eigenvalue weighted by Gasteiger charge is 2.22. The average Bonchev–Trinajstić information content (AvgIpc) is 2.27. The van der Waals surface area contributed by atoms with Gasteiger partial charge in [0.05, 0.1) is 0 Å². The molecule has 1 amide bonds. The van der Waals surface area contributed by atoms with Crippen LogP contribution in [0.5, 0.6) is 0 Å². The summed E-state index contributed by atoms with van der Waals surface area (Å²) >= 11 is 0. The van der Waals surface area contributed by atoms with Crippen molar-refractivity contribution in [3.8, 4) is 0 Å². The Morgan fingerprint density at radius 3 is 2.35 bits per heavy atom. The predicted octanol–water partition coefficient (Wildman–Crippen LogP) is 0.943. The zero-order valence-electron chi connectivity index (χ0n) is 9.68. The summed E-state index contributed by atoms with van der Waals surface area (Å²) in [6.07, 6.45) is -1.69. The third-order valence-corrected chi connectivity index (χ3v) is 2.15. The second kappa shape index (κ2) is 5.45. The van der Waals surface area contributed by atoms with Gasteiger partial charge in [0, 0.05) is 17.2 Å². The highest BCUT2D eigenvalue weighted by Crippen LogP contribution is 2.18. The quantitative estimate of drug-likeness (QED) is 0.727. The number of carboxylic acids is 1. The minimum Gasteiger partial charge on any atom is -0.479 e. The Kier molecular flexibility index (Phi) is 4.23. The molecule has 1 rings (SSSR count). The smallest absolute Gasteiger partial charge is 0.337 e. The van der Waals surface area contributed by atoms with Crippen molar-refractivity contribution in [3.05, 3.63) is 35.4 Å². The Morgan fingerprint density at radius 1 is 1.24 bits per heavy atom. The number of rotatable bonds is 4. The van der Waals surface area contributed by atoms with Gasteiger partial charge < -0.3 is 15.5 Å². The van der Waals surface area contributed by atoms with Crippen LogP contribution in [0.25, 0.3) is 0 Å². The first kappa shape index (κ1) is 13.2. The number of benzene rings is 1. The molecule has 1 aromatic rings. The van der Waals surface area contributed by atoms with E-state index in [1.54, 1.807) is 26.0 Å². The maximum absolute atomic E-state index is 11.8. The highest BCUT2D eigenvalue weighted by molar-refractivity contribution is 5.97. The molecule has 1 unspecified atom stereocenters. The van der Waals surface area contributed by atoms with Gasteiger partial charge in [-0.15, -0.1) is 0 Å². The number of aliphatic carboxylic acids is 1. The third-order valence-electron chi connectivity index (χ3n) is 2.15. The lowest BCUT2D eigenvalue weighted by atomic mass is 10.0. The molecule has 17 heavy (non-hydrogen) atoms. The van der Waals surface area contributed by atoms with Crippen LogP contribution in [0, 0.1) is 0 Å². The fourth-order valence-corrected chi connectivity index (χ4v) is 1.42. The number of amides is 1. The lowest BCUT2D eigenvalue weighted by molar-refractivity contribution is -0.146. The molecule has 0 aliphatic rings. The van der Waals surface area contributed by atoms with Crippen molar-refractivity contribution in [1.29, 1.82) is 0 Å². The molecule has 1 atom stereocenters. The van der Waals surface area contributed by atoms with Crippen molar-refractivity contribution in [2.45, 2.75) is 26.0 Å². The van der Waals surface area contributed by atoms with Crippen molar-refractivity contribution in [1.82, 2.24) is 5.32 Å². The second-order valence-electron chi connectivity index (χ2n) is 3.96. The fourth-order valence-electron chi connectivity index (χ4n) is 1.42. The summed E-state index contributed by atoms with van der Waals surface area (Å²) in [7, 11) is 0. The molecule has 0 bridgehead atoms. The van der Waals surface area contributed by atoms with Crippen LogP contribution in [0.4, 0.5) is 0 Å². The van der Waals surface area contributed by atoms with Gasteiger partial charge in [-0.25, -0.2) is 4.79 Å². The van der Waals surface area contributed by atoms with E-state index < -0.39 is 18.0 Å². The molecule has 92 valence electrons. The van der Waals surface area contributed by atoms with Crippen LogP contribution < -0.4 is 5.32 Å². The van der Waals surface area contributed by atoms with E-state index in [4.69, 9.17) is 5.11 Å². The topological polar surface area (TPSA) is 86.6 Å². The SMILES string of the molecule is CC(C)NC(=O)c1ccccc1C(O)C(=O)O. The van der Waals surface area contributed by atoms with E-state index in [-0.39, 0.29) is 17.2 Å². The molecule has 0 aromatic heterocycles. The third kappa shape index (κ3) is 3.29. The molecule has 0 aliphatic carbocycles. The predicted molar refractivity (Wildman–Crippen MR) is 61.6 cm³/mol. The lowest BCUT2D eigenvalue weighted by Gasteiger charge is -2.13. The van der Waals surface area contributed by atoms with Gasteiger partial charge in [0.25, 0.3) is 5.91 Å². The second-order valence-corrected chi connectivity index (χ2v) is 3.96. The monoisotopic (exact) mass is 237 g/mol. The highest BCUT2D eigenvalue weighted by atomic mass is 16.4. The minimum absolute atomic E-state index is 0.0578. The number of carboxylic acid groups (broad SMARTS) is 1. The maximum Gasteiger partial charge on any atom is 0.337 e. The van der Waals surface area contributed by atoms with Crippen molar-refractivity contribution < 1.29 is 19.8 Å². The van der Waals surface area contributed by atoms with Crippen molar-refractivity contribution >= 4 is 11.9 Å². The molecule has 5 heteroatoms. The van der Waals surface area contributed by atoms with Crippen LogP contribution >= 0.6 is 0 Å². The summed E-state index contributed by atoms with van der Waals surface area (Å²) in [5.74, 6) is -1.77. The summed E-state index contributed by atoms with van der Waals surface area (Å²) in [5.41, 5.74) is 0.272. The van der Waals surface area contributed by atoms with Crippen molar-refractivity contribution in [2.75, 3.05) is 0 Å². The van der Waals surface area contributed by atoms with Crippen LogP contribution in [-0.2, 0) is 4.79 Å². The van der Waals surface area contributed by atoms with Crippen LogP contribution in [0.3, 0.4) is 0 Å². The maximum atomic E-state index is 11.8. The number of carbonyl (C=O) groups excluding carboxylic acids is 1. The summed E-state index contributed by atoms with van der Waals surface area (Å²) in [6.45, 7) is 3.60. The van der Waals surface area contributed by atoms with E-state index >= 15 is 0 Å². The molecule has 0 spiro atoms. The van der Waals surface area contributed by atoms with Gasteiger partial charge in [0.2, 0.25) is 0 Å². The number of nitrogens with one attached hydrogen (secondary N) is 1. The largest absolute Gasteiger partial charge is 0.479 e. The molecule has 0 radical (unpaired) electrons. The van der Waals surface area contributed by atoms with E-state index in [9.17, 15) is 14.7 Å². The molecule has 0 saturated heterocycles. The van der Waals surface area contributed by atoms with Gasteiger partial charge in [-0.1, -0.05) is 18.2 Å². The molecular weight excluding hydrogens is 222 g/mol. The van der Waals surface area contributed by atoms with Crippen LogP contribution in [0.2, 0.25) is 0 Å². The molecule has 0 fully saturated rings. The fraction of sp³-hybridized carbons (Fsp3) is 0.333. The first-order valence-corrected chi connectivity index (χ1v) is 5.24. The van der Waals surface area contributed by atoms with Gasteiger partial charge in [-0.05, 0) is 19.9 Å². The number of aliphatic hydroxyl groups excluding tert-OH is 1. The standard InChI is InChI=1S/C12H15NO4/c1-7(2)13-11(15)9-6-4-3-5-8(9)10(14)12(16)17/h3-7,10,14H,1-2H3,(H,13,15)(H,16,17). The minimum atomic E-state index is -1.69. The Bertz CT molecular complexity index is 428. The van der Waals surface area contributed by atoms with Gasteiger partial charge >= 0.3 is 5.97 Å². The van der Waals surface area contributed by atoms with Crippen LogP contribution in [-0.4, -0.2) is 28.1 Å². The lowest BCUT2D eigenvalue weighted by Crippen LogP contribution is -2.31. The van der Waals surface area contributed by atoms with Gasteiger partial charge in [0.1, 0.15) is 0 Å². The van der Waals surface area contributed by atoms with E-state index in [2.05, 4.69) is 5.32 Å². The molecule has 0 saturated carbocycles. The van der Waals surface area contributed by atoms with Crippen LogP contribution in [0.15, 0.2) is 24.3 Å².